The van der Waals surface area contributed by atoms with Crippen LogP contribution in [0.25, 0.3) is 0 Å². The van der Waals surface area contributed by atoms with Crippen molar-refractivity contribution in [2.24, 2.45) is 0 Å². The highest BCUT2D eigenvalue weighted by molar-refractivity contribution is 5.73. The van der Waals surface area contributed by atoms with Crippen LogP contribution < -0.4 is 0 Å². The average molecular weight is 287 g/mol. The van der Waals surface area contributed by atoms with Gasteiger partial charge in [0.05, 0.1) is 0 Å². The van der Waals surface area contributed by atoms with Gasteiger partial charge in [0.25, 0.3) is 0 Å². The Morgan fingerprint density at radius 2 is 1.71 bits per heavy atom. The van der Waals surface area contributed by atoms with Crippen molar-refractivity contribution in [3.63, 3.8) is 0 Å². The minimum Gasteiger partial charge on any atom is -0.480 e. The zero-order valence-electron chi connectivity index (χ0n) is 12.6. The summed E-state index contributed by atoms with van der Waals surface area (Å²) in [6, 6.07) is 10.8. The van der Waals surface area contributed by atoms with E-state index in [1.54, 1.807) is 0 Å². The van der Waals surface area contributed by atoms with Crippen molar-refractivity contribution in [2.75, 3.05) is 6.54 Å². The number of hydrogen-bond acceptors (Lipinski definition) is 2. The fraction of sp³-hybridized carbons (Fsp3) is 0.611. The molecular formula is C18H25NO2. The second-order valence-electron chi connectivity index (χ2n) is 6.46. The largest absolute Gasteiger partial charge is 0.480 e. The number of carbonyl (C=O) groups is 1. The fourth-order valence-electron chi connectivity index (χ4n) is 4.21. The van der Waals surface area contributed by atoms with Gasteiger partial charge in [0.1, 0.15) is 6.04 Å². The highest BCUT2D eigenvalue weighted by Gasteiger charge is 2.38. The minimum absolute atomic E-state index is 0.270. The van der Waals surface area contributed by atoms with E-state index >= 15 is 0 Å². The lowest BCUT2D eigenvalue weighted by molar-refractivity contribution is -0.146. The number of carboxylic acids is 1. The van der Waals surface area contributed by atoms with Crippen LogP contribution in [0.2, 0.25) is 0 Å². The molecule has 1 saturated heterocycles. The smallest absolute Gasteiger partial charge is 0.320 e. The first kappa shape index (κ1) is 14.6. The molecule has 3 rings (SSSR count). The molecule has 1 N–H and O–H groups in total. The Morgan fingerprint density at radius 3 is 2.48 bits per heavy atom. The summed E-state index contributed by atoms with van der Waals surface area (Å²) in [4.78, 5) is 13.9. The topological polar surface area (TPSA) is 40.5 Å². The summed E-state index contributed by atoms with van der Waals surface area (Å²) in [6.07, 6.45) is 7.84. The molecule has 1 aliphatic heterocycles. The number of carboxylic acid groups (broad SMARTS) is 1. The first-order valence-corrected chi connectivity index (χ1v) is 8.31. The molecule has 2 aliphatic rings. The van der Waals surface area contributed by atoms with Crippen molar-refractivity contribution in [1.29, 1.82) is 0 Å². The van der Waals surface area contributed by atoms with Gasteiger partial charge in [-0.15, -0.1) is 0 Å². The SMILES string of the molecule is O=C(O)C1CCCCN1C1CCCCC1c1ccccc1. The van der Waals surface area contributed by atoms with Gasteiger partial charge in [-0.3, -0.25) is 9.69 Å². The maximum atomic E-state index is 11.6. The van der Waals surface area contributed by atoms with Crippen molar-refractivity contribution in [1.82, 2.24) is 4.90 Å². The van der Waals surface area contributed by atoms with Crippen LogP contribution in [0.4, 0.5) is 0 Å². The fourth-order valence-corrected chi connectivity index (χ4v) is 4.21. The van der Waals surface area contributed by atoms with Crippen molar-refractivity contribution < 1.29 is 9.90 Å². The van der Waals surface area contributed by atoms with Gasteiger partial charge in [-0.25, -0.2) is 0 Å². The maximum absolute atomic E-state index is 11.6. The van der Waals surface area contributed by atoms with Crippen LogP contribution in [0.3, 0.4) is 0 Å². The lowest BCUT2D eigenvalue weighted by Gasteiger charge is -2.45. The average Bonchev–Trinajstić information content (AvgIpc) is 2.55. The van der Waals surface area contributed by atoms with E-state index in [1.807, 2.05) is 0 Å². The van der Waals surface area contributed by atoms with E-state index in [2.05, 4.69) is 35.2 Å². The van der Waals surface area contributed by atoms with Crippen molar-refractivity contribution in [3.05, 3.63) is 35.9 Å². The predicted octanol–water partition coefficient (Wildman–Crippen LogP) is 3.65. The molecule has 1 heterocycles. The van der Waals surface area contributed by atoms with E-state index in [-0.39, 0.29) is 6.04 Å². The molecule has 0 aromatic heterocycles. The van der Waals surface area contributed by atoms with E-state index < -0.39 is 5.97 Å². The van der Waals surface area contributed by atoms with Gasteiger partial charge in [0, 0.05) is 6.04 Å². The molecule has 3 atom stereocenters. The zero-order chi connectivity index (χ0) is 14.7. The van der Waals surface area contributed by atoms with Crippen molar-refractivity contribution in [2.45, 2.75) is 62.9 Å². The molecule has 1 aromatic carbocycles. The molecule has 1 aliphatic carbocycles. The number of aliphatic carboxylic acids is 1. The van der Waals surface area contributed by atoms with Gasteiger partial charge >= 0.3 is 5.97 Å². The van der Waals surface area contributed by atoms with Crippen LogP contribution in [-0.4, -0.2) is 34.6 Å². The quantitative estimate of drug-likeness (QED) is 0.922. The Bertz CT molecular complexity index is 473. The van der Waals surface area contributed by atoms with Crippen LogP contribution in [0.1, 0.15) is 56.4 Å². The highest BCUT2D eigenvalue weighted by Crippen LogP contribution is 2.38. The van der Waals surface area contributed by atoms with E-state index in [0.29, 0.717) is 12.0 Å². The van der Waals surface area contributed by atoms with Crippen molar-refractivity contribution >= 4 is 5.97 Å². The molecule has 0 bridgehead atoms. The second kappa shape index (κ2) is 6.61. The van der Waals surface area contributed by atoms with E-state index in [1.165, 1.54) is 24.8 Å². The third kappa shape index (κ3) is 3.13. The van der Waals surface area contributed by atoms with Gasteiger partial charge in [-0.05, 0) is 43.7 Å². The standard InChI is InChI=1S/C18H25NO2/c20-18(21)17-12-6-7-13-19(17)16-11-5-4-10-15(16)14-8-2-1-3-9-14/h1-3,8-9,15-17H,4-7,10-13H2,(H,20,21). The summed E-state index contributed by atoms with van der Waals surface area (Å²) in [5, 5.41) is 9.55. The Kier molecular flexibility index (Phi) is 4.59. The lowest BCUT2D eigenvalue weighted by Crippen LogP contribution is -2.52. The number of piperidine rings is 1. The summed E-state index contributed by atoms with van der Waals surface area (Å²) in [5.74, 6) is -0.132. The summed E-state index contributed by atoms with van der Waals surface area (Å²) in [6.45, 7) is 0.949. The third-order valence-electron chi connectivity index (χ3n) is 5.21. The molecule has 3 nitrogen and oxygen atoms in total. The summed E-state index contributed by atoms with van der Waals surface area (Å²) >= 11 is 0. The second-order valence-corrected chi connectivity index (χ2v) is 6.46. The number of rotatable bonds is 3. The number of likely N-dealkylation sites (tertiary alicyclic amines) is 1. The predicted molar refractivity (Wildman–Crippen MR) is 83.4 cm³/mol. The Labute approximate surface area is 127 Å². The molecule has 2 fully saturated rings. The van der Waals surface area contributed by atoms with E-state index in [4.69, 9.17) is 0 Å². The molecule has 3 heteroatoms. The Balaban J connectivity index is 1.84. The van der Waals surface area contributed by atoms with E-state index in [9.17, 15) is 9.90 Å². The van der Waals surface area contributed by atoms with Gasteiger partial charge in [-0.2, -0.15) is 0 Å². The number of hydrogen-bond donors (Lipinski definition) is 1. The monoisotopic (exact) mass is 287 g/mol. The molecule has 21 heavy (non-hydrogen) atoms. The Morgan fingerprint density at radius 1 is 1.00 bits per heavy atom. The highest BCUT2D eigenvalue weighted by atomic mass is 16.4. The summed E-state index contributed by atoms with van der Waals surface area (Å²) in [7, 11) is 0. The number of benzene rings is 1. The molecule has 1 saturated carbocycles. The maximum Gasteiger partial charge on any atom is 0.320 e. The van der Waals surface area contributed by atoms with Gasteiger partial charge in [0.2, 0.25) is 0 Å². The third-order valence-corrected chi connectivity index (χ3v) is 5.21. The van der Waals surface area contributed by atoms with Gasteiger partial charge in [0.15, 0.2) is 0 Å². The Hall–Kier alpha value is -1.35. The van der Waals surface area contributed by atoms with Crippen LogP contribution in [0, 0.1) is 0 Å². The molecule has 0 radical (unpaired) electrons. The van der Waals surface area contributed by atoms with Gasteiger partial charge < -0.3 is 5.11 Å². The normalized spacial score (nSPS) is 31.0. The lowest BCUT2D eigenvalue weighted by atomic mass is 9.78. The van der Waals surface area contributed by atoms with Gasteiger partial charge in [-0.1, -0.05) is 49.6 Å². The molecular weight excluding hydrogens is 262 g/mol. The molecule has 3 unspecified atom stereocenters. The summed E-state index contributed by atoms with van der Waals surface area (Å²) < 4.78 is 0. The molecule has 0 amide bonds. The van der Waals surface area contributed by atoms with Crippen LogP contribution >= 0.6 is 0 Å². The minimum atomic E-state index is -0.632. The molecule has 0 spiro atoms. The van der Waals surface area contributed by atoms with Crippen LogP contribution in [0.15, 0.2) is 30.3 Å². The number of nitrogens with zero attached hydrogens (tertiary/aromatic N) is 1. The molecule has 114 valence electrons. The zero-order valence-corrected chi connectivity index (χ0v) is 12.6. The van der Waals surface area contributed by atoms with E-state index in [0.717, 1.165) is 32.2 Å². The molecule has 1 aromatic rings. The first-order chi connectivity index (χ1) is 10.3. The van der Waals surface area contributed by atoms with Crippen LogP contribution in [0.5, 0.6) is 0 Å². The summed E-state index contributed by atoms with van der Waals surface area (Å²) in [5.41, 5.74) is 1.39. The first-order valence-electron chi connectivity index (χ1n) is 8.31. The van der Waals surface area contributed by atoms with Crippen LogP contribution in [-0.2, 0) is 4.79 Å². The van der Waals surface area contributed by atoms with Crippen molar-refractivity contribution in [3.8, 4) is 0 Å².